The normalized spacial score (nSPS) is 7.77. The summed E-state index contributed by atoms with van der Waals surface area (Å²) in [6.07, 6.45) is 1.72. The van der Waals surface area contributed by atoms with Crippen molar-refractivity contribution in [3.63, 3.8) is 0 Å². The maximum atomic E-state index is 10.4. The molecule has 0 saturated heterocycles. The van der Waals surface area contributed by atoms with Crippen LogP contribution in [0.15, 0.2) is 24.3 Å². The molecule has 5 heteroatoms. The smallest absolute Gasteiger partial charge is 0.170 e. The third-order valence-electron chi connectivity index (χ3n) is 1.44. The largest absolute Gasteiger partial charge is 1.00 e. The topological polar surface area (TPSA) is 43.1 Å². The van der Waals surface area contributed by atoms with Crippen LogP contribution < -0.4 is 17.0 Å². The van der Waals surface area contributed by atoms with Crippen LogP contribution in [0, 0.1) is 16.5 Å². The van der Waals surface area contributed by atoms with Gasteiger partial charge in [0.1, 0.15) is 0 Å². The van der Waals surface area contributed by atoms with Crippen LogP contribution in [0.25, 0.3) is 0 Å². The van der Waals surface area contributed by atoms with E-state index in [1.807, 2.05) is 0 Å². The van der Waals surface area contributed by atoms with Gasteiger partial charge in [0.25, 0.3) is 0 Å². The summed E-state index contributed by atoms with van der Waals surface area (Å²) < 4.78 is 0. The molecule has 0 aliphatic heterocycles. The van der Waals surface area contributed by atoms with Crippen molar-refractivity contribution in [2.24, 2.45) is 0 Å². The van der Waals surface area contributed by atoms with E-state index in [0.29, 0.717) is 5.56 Å². The summed E-state index contributed by atoms with van der Waals surface area (Å²) >= 11 is 0. The Labute approximate surface area is 108 Å². The van der Waals surface area contributed by atoms with E-state index in [0.717, 1.165) is 0 Å². The number of nitro benzene ring substituents is 1. The number of nitrogens with zero attached hydrogens (tertiary/aromatic N) is 1. The Morgan fingerprint density at radius 1 is 1.38 bits per heavy atom. The monoisotopic (exact) mass is 343 g/mol. The van der Waals surface area contributed by atoms with E-state index in [2.05, 4.69) is 0 Å². The van der Waals surface area contributed by atoms with Gasteiger partial charge in [-0.1, -0.05) is 13.0 Å². The molecule has 3 nitrogen and oxygen atoms in total. The average Bonchev–Trinajstić information content (AvgIpc) is 2.04. The van der Waals surface area contributed by atoms with Gasteiger partial charge in [-0.3, -0.25) is 10.1 Å². The zero-order valence-electron chi connectivity index (χ0n) is 7.24. The first-order chi connectivity index (χ1) is 5.25. The van der Waals surface area contributed by atoms with E-state index in [1.54, 1.807) is 31.5 Å². The van der Waals surface area contributed by atoms with Gasteiger partial charge in [0.15, 0.2) is 5.69 Å². The summed E-state index contributed by atoms with van der Waals surface area (Å²) in [5.41, 5.74) is 0.826. The summed E-state index contributed by atoms with van der Waals surface area (Å²) in [5.74, 6) is 0. The van der Waals surface area contributed by atoms with Gasteiger partial charge in [0, 0.05) is 32.2 Å². The van der Waals surface area contributed by atoms with Gasteiger partial charge in [-0.2, -0.15) is 12.5 Å². The van der Waals surface area contributed by atoms with Crippen LogP contribution >= 0.6 is 0 Å². The molecule has 0 heterocycles. The molecule has 0 aliphatic carbocycles. The third kappa shape index (κ3) is 4.08. The zero-order valence-corrected chi connectivity index (χ0v) is 12.9. The number of halogens is 1. The molecule has 0 radical (unpaired) electrons. The van der Waals surface area contributed by atoms with Gasteiger partial charge in [0.05, 0.1) is 0 Å². The summed E-state index contributed by atoms with van der Waals surface area (Å²) in [6.45, 7) is 1.78. The van der Waals surface area contributed by atoms with Crippen molar-refractivity contribution >= 4 is 5.69 Å². The molecule has 0 unspecified atom stereocenters. The van der Waals surface area contributed by atoms with Crippen molar-refractivity contribution < 1.29 is 49.2 Å². The minimum Gasteiger partial charge on any atom is -1.00 e. The van der Waals surface area contributed by atoms with Crippen molar-refractivity contribution in [2.45, 2.75) is 6.92 Å². The van der Waals surface area contributed by atoms with Crippen molar-refractivity contribution in [1.29, 1.82) is 0 Å². The number of benzene rings is 1. The second-order valence-corrected chi connectivity index (χ2v) is 2.10. The van der Waals surface area contributed by atoms with E-state index in [9.17, 15) is 10.1 Å². The predicted molar refractivity (Wildman–Crippen MR) is 42.2 cm³/mol. The van der Waals surface area contributed by atoms with Crippen LogP contribution in [-0.2, 0) is 27.3 Å². The molecule has 0 aliphatic rings. The van der Waals surface area contributed by atoms with Crippen molar-refractivity contribution in [3.8, 4) is 0 Å². The molecule has 13 heavy (non-hydrogen) atoms. The molecular weight excluding hydrogens is 334 g/mol. The minimum atomic E-state index is -0.380. The number of hydrogen-bond acceptors (Lipinski definition) is 2. The van der Waals surface area contributed by atoms with Gasteiger partial charge >= 0.3 is 0 Å². The molecule has 68 valence electrons. The molecule has 0 N–H and O–H groups in total. The summed E-state index contributed by atoms with van der Waals surface area (Å²) in [4.78, 5) is 9.99. The molecule has 1 aromatic carbocycles. The Morgan fingerprint density at radius 2 is 1.92 bits per heavy atom. The summed E-state index contributed by atoms with van der Waals surface area (Å²) in [7, 11) is 0. The van der Waals surface area contributed by atoms with Gasteiger partial charge in [-0.25, -0.2) is 0 Å². The molecule has 1 rings (SSSR count). The summed E-state index contributed by atoms with van der Waals surface area (Å²) in [5, 5.41) is 10.4. The van der Waals surface area contributed by atoms with Crippen LogP contribution in [0.5, 0.6) is 0 Å². The fourth-order valence-electron chi connectivity index (χ4n) is 0.898. The van der Waals surface area contributed by atoms with Gasteiger partial charge in [-0.15, -0.1) is 11.6 Å². The van der Waals surface area contributed by atoms with Gasteiger partial charge in [0.2, 0.25) is 0 Å². The molecule has 0 saturated carbocycles. The maximum Gasteiger partial charge on any atom is 0.170 e. The Balaban J connectivity index is 0. The fourth-order valence-corrected chi connectivity index (χ4v) is 0.898. The van der Waals surface area contributed by atoms with E-state index in [4.69, 9.17) is 0 Å². The van der Waals surface area contributed by atoms with Crippen molar-refractivity contribution in [1.82, 2.24) is 0 Å². The molecule has 0 bridgehead atoms. The van der Waals surface area contributed by atoms with Crippen molar-refractivity contribution in [2.75, 3.05) is 0 Å². The second kappa shape index (κ2) is 7.31. The van der Waals surface area contributed by atoms with Gasteiger partial charge in [-0.05, 0) is 6.07 Å². The molecule has 1 aromatic rings. The van der Waals surface area contributed by atoms with E-state index >= 15 is 0 Å². The minimum absolute atomic E-state index is 0. The van der Waals surface area contributed by atoms with Crippen LogP contribution in [0.4, 0.5) is 5.69 Å². The molecule has 0 atom stereocenters. The Bertz CT molecular complexity index is 281. The first-order valence-electron chi connectivity index (χ1n) is 3.28. The first-order valence-corrected chi connectivity index (χ1v) is 3.28. The quantitative estimate of drug-likeness (QED) is 0.305. The SMILES string of the molecule is C[CH-]c1ccccc1[N+](=O)[O-].[Br-].[Cd]. The number of para-hydroxylation sites is 1. The standard InChI is InChI=1S/C8H8NO2.BrH.Cd/c1-2-7-5-3-4-6-8(7)9(10)11;;/h2-6H,1H3;1H;/q-1;;/p-1. The van der Waals surface area contributed by atoms with E-state index < -0.39 is 0 Å². The summed E-state index contributed by atoms with van der Waals surface area (Å²) in [6, 6.07) is 6.65. The Hall–Kier alpha value is -0.108. The zero-order chi connectivity index (χ0) is 8.27. The molecule has 0 amide bonds. The molecule has 0 aromatic heterocycles. The fraction of sp³-hybridized carbons (Fsp3) is 0.125. The van der Waals surface area contributed by atoms with Crippen LogP contribution in [-0.4, -0.2) is 4.92 Å². The van der Waals surface area contributed by atoms with Crippen LogP contribution in [0.1, 0.15) is 12.5 Å². The van der Waals surface area contributed by atoms with Gasteiger partial charge < -0.3 is 17.0 Å². The number of rotatable bonds is 2. The first kappa shape index (κ1) is 15.4. The van der Waals surface area contributed by atoms with Crippen molar-refractivity contribution in [3.05, 3.63) is 46.4 Å². The number of hydrogen-bond donors (Lipinski definition) is 0. The second-order valence-electron chi connectivity index (χ2n) is 2.10. The maximum absolute atomic E-state index is 10.4. The third-order valence-corrected chi connectivity index (χ3v) is 1.44. The predicted octanol–water partition coefficient (Wildman–Crippen LogP) is -0.831. The van der Waals surface area contributed by atoms with Crippen LogP contribution in [0.2, 0.25) is 0 Å². The Morgan fingerprint density at radius 3 is 2.31 bits per heavy atom. The number of nitro groups is 1. The molecule has 0 fully saturated rings. The van der Waals surface area contributed by atoms with E-state index in [1.165, 1.54) is 6.07 Å². The molecular formula is C8H8BrCdNO2-2. The average molecular weight is 342 g/mol. The molecule has 0 spiro atoms. The van der Waals surface area contributed by atoms with Crippen LogP contribution in [0.3, 0.4) is 0 Å². The Kier molecular flexibility index (Phi) is 8.64. The van der Waals surface area contributed by atoms with E-state index in [-0.39, 0.29) is 54.9 Å².